The maximum Gasteiger partial charge on any atom is 0.236 e. The van der Waals surface area contributed by atoms with E-state index in [1.807, 2.05) is 36.7 Å². The van der Waals surface area contributed by atoms with Crippen LogP contribution in [0, 0.1) is 10.8 Å². The predicted molar refractivity (Wildman–Crippen MR) is 64.6 cm³/mol. The highest BCUT2D eigenvalue weighted by atomic mass is 127. The first-order chi connectivity index (χ1) is 5.56. The first-order valence-corrected chi connectivity index (χ1v) is 5.47. The third-order valence-electron chi connectivity index (χ3n) is 1.83. The van der Waals surface area contributed by atoms with E-state index in [2.05, 4.69) is 20.8 Å². The second kappa shape index (κ2) is 4.15. The van der Waals surface area contributed by atoms with Crippen LogP contribution in [0.4, 0.5) is 0 Å². The quantitative estimate of drug-likeness (QED) is 0.566. The highest BCUT2D eigenvalue weighted by Crippen LogP contribution is 2.34. The molecule has 0 unspecified atom stereocenters. The lowest BCUT2D eigenvalue weighted by Crippen LogP contribution is -2.35. The summed E-state index contributed by atoms with van der Waals surface area (Å²) in [6, 6.07) is 0. The van der Waals surface area contributed by atoms with E-state index in [1.54, 1.807) is 10.2 Å². The molecule has 0 aromatic heterocycles. The Labute approximate surface area is 95.6 Å². The minimum atomic E-state index is -0.256. The fourth-order valence-electron chi connectivity index (χ4n) is 1.82. The third kappa shape index (κ3) is 4.84. The summed E-state index contributed by atoms with van der Waals surface area (Å²) in [6.07, 6.45) is 0.909. The standard InChI is InChI=1S/C10H20INO/c1-9(2,3)7-10(4,5)8(13)12(6)11/h7H2,1-6H3. The number of nitrogens with zero attached hydrogens (tertiary/aromatic N) is 1. The molecule has 0 aromatic rings. The molecule has 0 radical (unpaired) electrons. The zero-order valence-electron chi connectivity index (χ0n) is 9.44. The van der Waals surface area contributed by atoms with Crippen LogP contribution in [0.2, 0.25) is 0 Å². The van der Waals surface area contributed by atoms with Crippen LogP contribution in [0.1, 0.15) is 41.0 Å². The van der Waals surface area contributed by atoms with Gasteiger partial charge in [0.1, 0.15) is 0 Å². The average molecular weight is 297 g/mol. The van der Waals surface area contributed by atoms with Crippen LogP contribution in [0.15, 0.2) is 0 Å². The molecule has 0 saturated carbocycles. The number of carbonyl (C=O) groups is 1. The number of amides is 1. The van der Waals surface area contributed by atoms with Gasteiger partial charge in [0.2, 0.25) is 5.91 Å². The zero-order chi connectivity index (χ0) is 10.9. The van der Waals surface area contributed by atoms with Gasteiger partial charge in [-0.25, -0.2) is 0 Å². The molecule has 0 rings (SSSR count). The van der Waals surface area contributed by atoms with Gasteiger partial charge in [0, 0.05) is 12.5 Å². The SMILES string of the molecule is CN(I)C(=O)C(C)(C)CC(C)(C)C. The maximum atomic E-state index is 11.8. The van der Waals surface area contributed by atoms with Crippen LogP contribution in [-0.2, 0) is 4.79 Å². The molecule has 3 heteroatoms. The Kier molecular flexibility index (Phi) is 4.22. The number of rotatable bonds is 2. The summed E-state index contributed by atoms with van der Waals surface area (Å²) in [5.74, 6) is 0.197. The molecule has 0 aliphatic heterocycles. The van der Waals surface area contributed by atoms with Crippen molar-refractivity contribution in [1.29, 1.82) is 0 Å². The molecule has 0 atom stereocenters. The van der Waals surface area contributed by atoms with Crippen LogP contribution in [0.25, 0.3) is 0 Å². The molecule has 0 aromatic carbocycles. The Balaban J connectivity index is 4.49. The van der Waals surface area contributed by atoms with Gasteiger partial charge in [-0.1, -0.05) is 34.6 Å². The van der Waals surface area contributed by atoms with Crippen LogP contribution >= 0.6 is 22.9 Å². The molecule has 0 N–H and O–H groups in total. The summed E-state index contributed by atoms with van der Waals surface area (Å²) in [7, 11) is 1.80. The molecule has 0 bridgehead atoms. The first kappa shape index (κ1) is 13.2. The highest BCUT2D eigenvalue weighted by molar-refractivity contribution is 14.1. The van der Waals surface area contributed by atoms with E-state index in [1.165, 1.54) is 0 Å². The smallest absolute Gasteiger partial charge is 0.236 e. The van der Waals surface area contributed by atoms with Crippen LogP contribution < -0.4 is 0 Å². The van der Waals surface area contributed by atoms with Crippen molar-refractivity contribution in [3.63, 3.8) is 0 Å². The van der Waals surface area contributed by atoms with Gasteiger partial charge in [0.25, 0.3) is 0 Å². The molecule has 1 amide bonds. The molecule has 0 aliphatic carbocycles. The summed E-state index contributed by atoms with van der Waals surface area (Å²) < 4.78 is 1.64. The van der Waals surface area contributed by atoms with E-state index in [0.29, 0.717) is 0 Å². The average Bonchev–Trinajstić information content (AvgIpc) is 1.80. The lowest BCUT2D eigenvalue weighted by atomic mass is 9.76. The number of halogens is 1. The van der Waals surface area contributed by atoms with Gasteiger partial charge < -0.3 is 0 Å². The first-order valence-electron chi connectivity index (χ1n) is 4.50. The van der Waals surface area contributed by atoms with E-state index in [-0.39, 0.29) is 16.7 Å². The largest absolute Gasteiger partial charge is 0.288 e. The Morgan fingerprint density at radius 1 is 1.23 bits per heavy atom. The van der Waals surface area contributed by atoms with Crippen molar-refractivity contribution < 1.29 is 4.79 Å². The van der Waals surface area contributed by atoms with Crippen molar-refractivity contribution in [3.05, 3.63) is 0 Å². The Morgan fingerprint density at radius 2 is 1.62 bits per heavy atom. The molecular weight excluding hydrogens is 277 g/mol. The molecule has 0 fully saturated rings. The molecule has 13 heavy (non-hydrogen) atoms. The fourth-order valence-corrected chi connectivity index (χ4v) is 2.47. The maximum absolute atomic E-state index is 11.8. The fraction of sp³-hybridized carbons (Fsp3) is 0.900. The van der Waals surface area contributed by atoms with E-state index < -0.39 is 0 Å². The van der Waals surface area contributed by atoms with Crippen molar-refractivity contribution >= 4 is 28.8 Å². The molecule has 0 spiro atoms. The van der Waals surface area contributed by atoms with Crippen molar-refractivity contribution in [2.75, 3.05) is 7.05 Å². The predicted octanol–water partition coefficient (Wildman–Crippen LogP) is 3.26. The van der Waals surface area contributed by atoms with Crippen molar-refractivity contribution in [1.82, 2.24) is 3.11 Å². The lowest BCUT2D eigenvalue weighted by Gasteiger charge is -2.32. The number of hydrogen-bond acceptors (Lipinski definition) is 1. The minimum absolute atomic E-state index is 0.197. The molecule has 2 nitrogen and oxygen atoms in total. The highest BCUT2D eigenvalue weighted by Gasteiger charge is 2.33. The van der Waals surface area contributed by atoms with E-state index >= 15 is 0 Å². The summed E-state index contributed by atoms with van der Waals surface area (Å²) in [4.78, 5) is 11.8. The summed E-state index contributed by atoms with van der Waals surface area (Å²) >= 11 is 2.03. The van der Waals surface area contributed by atoms with Crippen LogP contribution in [0.3, 0.4) is 0 Å². The van der Waals surface area contributed by atoms with Gasteiger partial charge in [-0.3, -0.25) is 7.91 Å². The topological polar surface area (TPSA) is 20.3 Å². The van der Waals surface area contributed by atoms with Crippen LogP contribution in [-0.4, -0.2) is 16.1 Å². The van der Waals surface area contributed by atoms with Gasteiger partial charge in [-0.15, -0.1) is 0 Å². The van der Waals surface area contributed by atoms with E-state index in [0.717, 1.165) is 6.42 Å². The number of carbonyl (C=O) groups excluding carboxylic acids is 1. The van der Waals surface area contributed by atoms with Crippen molar-refractivity contribution in [3.8, 4) is 0 Å². The van der Waals surface area contributed by atoms with Gasteiger partial charge in [0.15, 0.2) is 0 Å². The Hall–Kier alpha value is 0.200. The Bertz CT molecular complexity index is 192. The zero-order valence-corrected chi connectivity index (χ0v) is 11.6. The number of hydrogen-bond donors (Lipinski definition) is 0. The lowest BCUT2D eigenvalue weighted by molar-refractivity contribution is -0.134. The molecular formula is C10H20INO. The minimum Gasteiger partial charge on any atom is -0.288 e. The van der Waals surface area contributed by atoms with Crippen molar-refractivity contribution in [2.45, 2.75) is 41.0 Å². The normalized spacial score (nSPS) is 12.8. The molecule has 78 valence electrons. The van der Waals surface area contributed by atoms with Gasteiger partial charge >= 0.3 is 0 Å². The monoisotopic (exact) mass is 297 g/mol. The summed E-state index contributed by atoms with van der Waals surface area (Å²) in [5, 5.41) is 0. The Morgan fingerprint density at radius 3 is 1.85 bits per heavy atom. The van der Waals surface area contributed by atoms with E-state index in [9.17, 15) is 4.79 Å². The van der Waals surface area contributed by atoms with Gasteiger partial charge in [-0.05, 0) is 11.8 Å². The second-order valence-corrected chi connectivity index (χ2v) is 6.85. The van der Waals surface area contributed by atoms with Gasteiger partial charge in [0.05, 0.1) is 22.9 Å². The van der Waals surface area contributed by atoms with E-state index in [4.69, 9.17) is 0 Å². The molecule has 0 aliphatic rings. The van der Waals surface area contributed by atoms with Crippen molar-refractivity contribution in [2.24, 2.45) is 10.8 Å². The molecule has 0 saturated heterocycles. The molecule has 0 heterocycles. The summed E-state index contributed by atoms with van der Waals surface area (Å²) in [6.45, 7) is 10.5. The summed E-state index contributed by atoms with van der Waals surface area (Å²) in [5.41, 5.74) is -0.0556. The van der Waals surface area contributed by atoms with Gasteiger partial charge in [-0.2, -0.15) is 0 Å². The second-order valence-electron chi connectivity index (χ2n) is 5.40. The van der Waals surface area contributed by atoms with Crippen LogP contribution in [0.5, 0.6) is 0 Å². The third-order valence-corrected chi connectivity index (χ3v) is 2.27.